The lowest BCUT2D eigenvalue weighted by atomic mass is 9.71. The Kier molecular flexibility index (Phi) is 7.30. The van der Waals surface area contributed by atoms with Crippen molar-refractivity contribution in [1.82, 2.24) is 0 Å². The van der Waals surface area contributed by atoms with Crippen LogP contribution >= 0.6 is 0 Å². The van der Waals surface area contributed by atoms with E-state index < -0.39 is 0 Å². The van der Waals surface area contributed by atoms with Crippen molar-refractivity contribution >= 4 is 0 Å². The topological polar surface area (TPSA) is 0 Å². The minimum absolute atomic E-state index is 0.583. The predicted octanol–water partition coefficient (Wildman–Crippen LogP) is 5.67. The molecule has 0 rings (SSSR count). The minimum Gasteiger partial charge on any atom is -0.0654 e. The molecule has 0 nitrogen and oxygen atoms in total. The second-order valence-corrected chi connectivity index (χ2v) is 5.96. The van der Waals surface area contributed by atoms with Crippen LogP contribution in [0.15, 0.2) is 0 Å². The van der Waals surface area contributed by atoms with E-state index in [1.54, 1.807) is 0 Å². The van der Waals surface area contributed by atoms with Crippen LogP contribution in [0.3, 0.4) is 0 Å². The molecule has 0 saturated carbocycles. The van der Waals surface area contributed by atoms with Gasteiger partial charge in [0.05, 0.1) is 0 Å². The van der Waals surface area contributed by atoms with Gasteiger partial charge in [0.1, 0.15) is 0 Å². The number of unbranched alkanes of at least 4 members (excludes halogenated alkanes) is 1. The van der Waals surface area contributed by atoms with Gasteiger partial charge in [-0.15, -0.1) is 0 Å². The van der Waals surface area contributed by atoms with Gasteiger partial charge < -0.3 is 0 Å². The van der Waals surface area contributed by atoms with E-state index >= 15 is 0 Å². The molecule has 0 aromatic heterocycles. The molecule has 15 heavy (non-hydrogen) atoms. The molecule has 0 fully saturated rings. The number of hydrogen-bond acceptors (Lipinski definition) is 0. The van der Waals surface area contributed by atoms with Gasteiger partial charge in [-0.25, -0.2) is 0 Å². The van der Waals surface area contributed by atoms with Crippen molar-refractivity contribution in [1.29, 1.82) is 0 Å². The fraction of sp³-hybridized carbons (Fsp3) is 1.00. The fourth-order valence-electron chi connectivity index (χ4n) is 2.06. The summed E-state index contributed by atoms with van der Waals surface area (Å²) >= 11 is 0. The van der Waals surface area contributed by atoms with Crippen LogP contribution in [0.2, 0.25) is 0 Å². The van der Waals surface area contributed by atoms with Crippen LogP contribution in [-0.4, -0.2) is 0 Å². The van der Waals surface area contributed by atoms with E-state index in [9.17, 15) is 0 Å². The van der Waals surface area contributed by atoms with Crippen LogP contribution in [0, 0.1) is 17.3 Å². The maximum absolute atomic E-state index is 2.50. The zero-order valence-electron chi connectivity index (χ0n) is 11.9. The Labute approximate surface area is 97.8 Å². The molecule has 0 heteroatoms. The molecule has 0 aromatic rings. The van der Waals surface area contributed by atoms with Crippen molar-refractivity contribution in [2.24, 2.45) is 17.3 Å². The molecule has 0 bridgehead atoms. The third-order valence-electron chi connectivity index (χ3n) is 4.40. The lowest BCUT2D eigenvalue weighted by molar-refractivity contribution is 0.161. The molecule has 0 spiro atoms. The molecule has 92 valence electrons. The van der Waals surface area contributed by atoms with Gasteiger partial charge in [-0.3, -0.25) is 0 Å². The Morgan fingerprint density at radius 2 is 1.60 bits per heavy atom. The van der Waals surface area contributed by atoms with Gasteiger partial charge in [-0.2, -0.15) is 0 Å². The highest BCUT2D eigenvalue weighted by atomic mass is 14.3. The standard InChI is InChI=1S/C15H32/c1-7-9-11-15(6,13(3)4)12-10-14(5)8-2/h13-14H,7-12H2,1-6H3. The molecule has 0 saturated heterocycles. The van der Waals surface area contributed by atoms with Gasteiger partial charge in [0.25, 0.3) is 0 Å². The second kappa shape index (κ2) is 7.30. The summed E-state index contributed by atoms with van der Waals surface area (Å²) in [4.78, 5) is 0. The van der Waals surface area contributed by atoms with E-state index in [2.05, 4.69) is 41.5 Å². The Bertz CT molecular complexity index is 148. The monoisotopic (exact) mass is 212 g/mol. The van der Waals surface area contributed by atoms with Crippen LogP contribution in [0.4, 0.5) is 0 Å². The first-order valence-corrected chi connectivity index (χ1v) is 6.96. The van der Waals surface area contributed by atoms with Crippen molar-refractivity contribution in [3.8, 4) is 0 Å². The van der Waals surface area contributed by atoms with E-state index in [0.29, 0.717) is 5.41 Å². The van der Waals surface area contributed by atoms with Crippen molar-refractivity contribution in [2.75, 3.05) is 0 Å². The highest BCUT2D eigenvalue weighted by Crippen LogP contribution is 2.38. The number of hydrogen-bond donors (Lipinski definition) is 0. The highest BCUT2D eigenvalue weighted by Gasteiger charge is 2.27. The normalized spacial score (nSPS) is 17.8. The molecule has 0 amide bonds. The molecule has 2 unspecified atom stereocenters. The first kappa shape index (κ1) is 15.0. The Morgan fingerprint density at radius 3 is 2.00 bits per heavy atom. The summed E-state index contributed by atoms with van der Waals surface area (Å²) in [5.41, 5.74) is 0.583. The molecular weight excluding hydrogens is 180 g/mol. The molecule has 0 aromatic carbocycles. The van der Waals surface area contributed by atoms with Gasteiger partial charge in [-0.05, 0) is 30.1 Å². The Balaban J connectivity index is 4.12. The summed E-state index contributed by atoms with van der Waals surface area (Å²) in [5.74, 6) is 1.73. The van der Waals surface area contributed by atoms with Crippen molar-refractivity contribution < 1.29 is 0 Å². The van der Waals surface area contributed by atoms with Gasteiger partial charge in [0.2, 0.25) is 0 Å². The first-order chi connectivity index (χ1) is 6.96. The summed E-state index contributed by atoms with van der Waals surface area (Å²) < 4.78 is 0. The van der Waals surface area contributed by atoms with E-state index in [0.717, 1.165) is 11.8 Å². The average Bonchev–Trinajstić information content (AvgIpc) is 2.22. The van der Waals surface area contributed by atoms with Crippen LogP contribution in [0.5, 0.6) is 0 Å². The molecule has 0 N–H and O–H groups in total. The summed E-state index contributed by atoms with van der Waals surface area (Å²) in [6.45, 7) is 14.3. The lowest BCUT2D eigenvalue weighted by Crippen LogP contribution is -2.24. The van der Waals surface area contributed by atoms with Crippen molar-refractivity contribution in [3.63, 3.8) is 0 Å². The molecule has 0 aliphatic rings. The molecule has 2 atom stereocenters. The quantitative estimate of drug-likeness (QED) is 0.486. The van der Waals surface area contributed by atoms with E-state index in [1.165, 1.54) is 38.5 Å². The summed E-state index contributed by atoms with van der Waals surface area (Å²) in [5, 5.41) is 0. The van der Waals surface area contributed by atoms with E-state index in [-0.39, 0.29) is 0 Å². The van der Waals surface area contributed by atoms with Crippen molar-refractivity contribution in [3.05, 3.63) is 0 Å². The zero-order valence-corrected chi connectivity index (χ0v) is 11.9. The minimum atomic E-state index is 0.583. The van der Waals surface area contributed by atoms with Gasteiger partial charge in [0, 0.05) is 0 Å². The maximum Gasteiger partial charge on any atom is -0.0303 e. The first-order valence-electron chi connectivity index (χ1n) is 6.96. The van der Waals surface area contributed by atoms with Gasteiger partial charge in [0.15, 0.2) is 0 Å². The third kappa shape index (κ3) is 5.58. The maximum atomic E-state index is 2.50. The number of rotatable bonds is 8. The fourth-order valence-corrected chi connectivity index (χ4v) is 2.06. The lowest BCUT2D eigenvalue weighted by Gasteiger charge is -2.35. The molecule has 0 radical (unpaired) electrons. The molecule has 0 aliphatic heterocycles. The van der Waals surface area contributed by atoms with Gasteiger partial charge in [-0.1, -0.05) is 67.2 Å². The summed E-state index contributed by atoms with van der Waals surface area (Å²) in [6, 6.07) is 0. The Morgan fingerprint density at radius 1 is 1.00 bits per heavy atom. The van der Waals surface area contributed by atoms with E-state index in [1.807, 2.05) is 0 Å². The largest absolute Gasteiger partial charge is 0.0654 e. The highest BCUT2D eigenvalue weighted by molar-refractivity contribution is 4.78. The van der Waals surface area contributed by atoms with Gasteiger partial charge >= 0.3 is 0 Å². The SMILES string of the molecule is CCCCC(C)(CCC(C)CC)C(C)C. The Hall–Kier alpha value is 0. The summed E-state index contributed by atoms with van der Waals surface area (Å²) in [6.07, 6.45) is 8.31. The molecule has 0 heterocycles. The van der Waals surface area contributed by atoms with Crippen molar-refractivity contribution in [2.45, 2.75) is 80.1 Å². The van der Waals surface area contributed by atoms with Crippen LogP contribution in [0.1, 0.15) is 80.1 Å². The van der Waals surface area contributed by atoms with Crippen LogP contribution in [0.25, 0.3) is 0 Å². The summed E-state index contributed by atoms with van der Waals surface area (Å²) in [7, 11) is 0. The second-order valence-electron chi connectivity index (χ2n) is 5.96. The van der Waals surface area contributed by atoms with Crippen LogP contribution in [-0.2, 0) is 0 Å². The molecule has 0 aliphatic carbocycles. The van der Waals surface area contributed by atoms with E-state index in [4.69, 9.17) is 0 Å². The molecular formula is C15H32. The van der Waals surface area contributed by atoms with Crippen LogP contribution < -0.4 is 0 Å². The average molecular weight is 212 g/mol. The smallest absolute Gasteiger partial charge is 0.0303 e. The third-order valence-corrected chi connectivity index (χ3v) is 4.40. The predicted molar refractivity (Wildman–Crippen MR) is 71.2 cm³/mol. The zero-order chi connectivity index (χ0) is 11.9.